The Morgan fingerprint density at radius 1 is 0.971 bits per heavy atom. The van der Waals surface area contributed by atoms with Gasteiger partial charge in [-0.2, -0.15) is 0 Å². The smallest absolute Gasteiger partial charge is 0.303 e. The molecule has 2 aromatic carbocycles. The van der Waals surface area contributed by atoms with Crippen LogP contribution in [0.2, 0.25) is 0 Å². The van der Waals surface area contributed by atoms with Crippen LogP contribution >= 0.6 is 0 Å². The molecule has 1 amide bonds. The average Bonchev–Trinajstić information content (AvgIpc) is 3.29. The monoisotopic (exact) mass is 453 g/mol. The lowest BCUT2D eigenvalue weighted by Crippen LogP contribution is -2.16. The van der Waals surface area contributed by atoms with Gasteiger partial charge < -0.3 is 15.4 Å². The molecule has 0 spiro atoms. The van der Waals surface area contributed by atoms with Crippen molar-refractivity contribution in [2.24, 2.45) is 5.92 Å². The van der Waals surface area contributed by atoms with Crippen LogP contribution in [0.5, 0.6) is 0 Å². The van der Waals surface area contributed by atoms with Gasteiger partial charge in [-0.3, -0.25) is 14.6 Å². The molecule has 6 nitrogen and oxygen atoms in total. The molecule has 0 bridgehead atoms. The fourth-order valence-electron chi connectivity index (χ4n) is 4.97. The summed E-state index contributed by atoms with van der Waals surface area (Å²) in [5, 5.41) is 12.8. The number of carbonyl (C=O) groups is 2. The van der Waals surface area contributed by atoms with Crippen LogP contribution in [0, 0.1) is 5.92 Å². The first-order valence-electron chi connectivity index (χ1n) is 11.7. The van der Waals surface area contributed by atoms with Gasteiger partial charge in [0, 0.05) is 29.1 Å². The van der Waals surface area contributed by atoms with E-state index in [4.69, 9.17) is 5.11 Å². The van der Waals surface area contributed by atoms with E-state index >= 15 is 0 Å². The maximum atomic E-state index is 12.7. The number of nitrogens with zero attached hydrogens (tertiary/aromatic N) is 1. The molecule has 3 N–H and O–H groups in total. The Kier molecular flexibility index (Phi) is 6.12. The molecule has 2 aromatic heterocycles. The molecule has 0 saturated heterocycles. The van der Waals surface area contributed by atoms with E-state index in [9.17, 15) is 9.59 Å². The van der Waals surface area contributed by atoms with Gasteiger partial charge in [0.15, 0.2) is 0 Å². The number of rotatable bonds is 6. The second-order valence-corrected chi connectivity index (χ2v) is 9.07. The van der Waals surface area contributed by atoms with Gasteiger partial charge in [-0.05, 0) is 61.3 Å². The Balaban J connectivity index is 1.21. The SMILES string of the molecule is O=C(O)CC1CCC(c2ccc(-c3ccc(NC(=O)c4c[nH]c5ccccc45)cn3)cc2)CC1. The van der Waals surface area contributed by atoms with E-state index in [1.54, 1.807) is 12.4 Å². The van der Waals surface area contributed by atoms with Crippen LogP contribution in [-0.4, -0.2) is 27.0 Å². The normalized spacial score (nSPS) is 18.0. The van der Waals surface area contributed by atoms with E-state index in [0.29, 0.717) is 23.1 Å². The molecule has 6 heteroatoms. The highest BCUT2D eigenvalue weighted by atomic mass is 16.4. The number of para-hydroxylation sites is 1. The average molecular weight is 454 g/mol. The van der Waals surface area contributed by atoms with Crippen molar-refractivity contribution in [3.8, 4) is 11.3 Å². The van der Waals surface area contributed by atoms with Crippen molar-refractivity contribution in [3.05, 3.63) is 84.2 Å². The maximum absolute atomic E-state index is 12.7. The molecule has 1 saturated carbocycles. The van der Waals surface area contributed by atoms with Crippen LogP contribution < -0.4 is 5.32 Å². The zero-order valence-electron chi connectivity index (χ0n) is 18.8. The van der Waals surface area contributed by atoms with E-state index < -0.39 is 5.97 Å². The predicted molar refractivity (Wildman–Crippen MR) is 133 cm³/mol. The van der Waals surface area contributed by atoms with E-state index in [-0.39, 0.29) is 12.3 Å². The van der Waals surface area contributed by atoms with Crippen LogP contribution in [0.15, 0.2) is 73.1 Å². The van der Waals surface area contributed by atoms with Gasteiger partial charge in [-0.25, -0.2) is 0 Å². The summed E-state index contributed by atoms with van der Waals surface area (Å²) < 4.78 is 0. The second-order valence-electron chi connectivity index (χ2n) is 9.07. The molecular weight excluding hydrogens is 426 g/mol. The van der Waals surface area contributed by atoms with Crippen molar-refractivity contribution in [2.45, 2.75) is 38.0 Å². The number of anilines is 1. The van der Waals surface area contributed by atoms with Gasteiger partial charge in [0.05, 0.1) is 23.1 Å². The number of hydrogen-bond acceptors (Lipinski definition) is 3. The standard InChI is InChI=1S/C28H27N3O3/c32-27(33)15-18-5-7-19(8-6-18)20-9-11-21(12-10-20)25-14-13-22(16-29-25)31-28(34)24-17-30-26-4-2-1-3-23(24)26/h1-4,9-14,16-19,30H,5-8,15H2,(H,31,34)(H,32,33). The van der Waals surface area contributed by atoms with Crippen LogP contribution in [0.4, 0.5) is 5.69 Å². The first-order chi connectivity index (χ1) is 16.6. The summed E-state index contributed by atoms with van der Waals surface area (Å²) in [5.74, 6) is -0.0559. The van der Waals surface area contributed by atoms with Crippen LogP contribution in [0.25, 0.3) is 22.2 Å². The second kappa shape index (κ2) is 9.51. The Bertz CT molecular complexity index is 1300. The molecule has 2 heterocycles. The van der Waals surface area contributed by atoms with E-state index in [0.717, 1.165) is 47.8 Å². The number of amides is 1. The van der Waals surface area contributed by atoms with Gasteiger partial charge in [-0.1, -0.05) is 42.5 Å². The number of carboxylic acids is 1. The zero-order chi connectivity index (χ0) is 23.5. The Morgan fingerprint density at radius 2 is 1.74 bits per heavy atom. The number of hydrogen-bond donors (Lipinski definition) is 3. The molecule has 0 atom stereocenters. The minimum Gasteiger partial charge on any atom is -0.481 e. The van der Waals surface area contributed by atoms with Crippen molar-refractivity contribution in [3.63, 3.8) is 0 Å². The summed E-state index contributed by atoms with van der Waals surface area (Å²) in [7, 11) is 0. The highest BCUT2D eigenvalue weighted by Crippen LogP contribution is 2.37. The van der Waals surface area contributed by atoms with Crippen molar-refractivity contribution in [1.29, 1.82) is 0 Å². The first kappa shape index (κ1) is 21.9. The maximum Gasteiger partial charge on any atom is 0.303 e. The van der Waals surface area contributed by atoms with Gasteiger partial charge >= 0.3 is 5.97 Å². The fourth-order valence-corrected chi connectivity index (χ4v) is 4.97. The van der Waals surface area contributed by atoms with Gasteiger partial charge in [-0.15, -0.1) is 0 Å². The summed E-state index contributed by atoms with van der Waals surface area (Å²) in [6.45, 7) is 0. The fraction of sp³-hybridized carbons (Fsp3) is 0.250. The van der Waals surface area contributed by atoms with Crippen molar-refractivity contribution in [1.82, 2.24) is 9.97 Å². The number of nitrogens with one attached hydrogen (secondary N) is 2. The zero-order valence-corrected chi connectivity index (χ0v) is 18.8. The topological polar surface area (TPSA) is 95.1 Å². The Morgan fingerprint density at radius 3 is 2.44 bits per heavy atom. The lowest BCUT2D eigenvalue weighted by Gasteiger charge is -2.28. The molecule has 4 aromatic rings. The Labute approximate surface area is 198 Å². The number of benzene rings is 2. The molecule has 0 unspecified atom stereocenters. The summed E-state index contributed by atoms with van der Waals surface area (Å²) in [6.07, 6.45) is 7.73. The molecule has 34 heavy (non-hydrogen) atoms. The largest absolute Gasteiger partial charge is 0.481 e. The number of carboxylic acid groups (broad SMARTS) is 1. The van der Waals surface area contributed by atoms with Crippen LogP contribution in [0.3, 0.4) is 0 Å². The highest BCUT2D eigenvalue weighted by molar-refractivity contribution is 6.12. The number of pyridine rings is 1. The summed E-state index contributed by atoms with van der Waals surface area (Å²) in [4.78, 5) is 31.3. The number of aromatic nitrogens is 2. The molecule has 172 valence electrons. The van der Waals surface area contributed by atoms with Crippen LogP contribution in [-0.2, 0) is 4.79 Å². The first-order valence-corrected chi connectivity index (χ1v) is 11.7. The molecule has 5 rings (SSSR count). The minimum atomic E-state index is -0.691. The number of carbonyl (C=O) groups excluding carboxylic acids is 1. The van der Waals surface area contributed by atoms with Crippen molar-refractivity contribution < 1.29 is 14.7 Å². The third-order valence-electron chi connectivity index (χ3n) is 6.84. The third-order valence-corrected chi connectivity index (χ3v) is 6.84. The van der Waals surface area contributed by atoms with E-state index in [1.165, 1.54) is 5.56 Å². The number of H-pyrrole nitrogens is 1. The number of aliphatic carboxylic acids is 1. The van der Waals surface area contributed by atoms with Gasteiger partial charge in [0.1, 0.15) is 0 Å². The van der Waals surface area contributed by atoms with Gasteiger partial charge in [0.2, 0.25) is 0 Å². The highest BCUT2D eigenvalue weighted by Gasteiger charge is 2.24. The van der Waals surface area contributed by atoms with E-state index in [2.05, 4.69) is 39.6 Å². The third kappa shape index (κ3) is 4.71. The molecule has 0 radical (unpaired) electrons. The lowest BCUT2D eigenvalue weighted by molar-refractivity contribution is -0.138. The van der Waals surface area contributed by atoms with E-state index in [1.807, 2.05) is 36.4 Å². The van der Waals surface area contributed by atoms with Crippen molar-refractivity contribution >= 4 is 28.5 Å². The molecule has 1 fully saturated rings. The molecular formula is C28H27N3O3. The number of fused-ring (bicyclic) bond motifs is 1. The summed E-state index contributed by atoms with van der Waals surface area (Å²) in [6, 6.07) is 20.0. The minimum absolute atomic E-state index is 0.172. The molecule has 0 aliphatic heterocycles. The Hall–Kier alpha value is -3.93. The quantitative estimate of drug-likeness (QED) is 0.322. The molecule has 1 aliphatic carbocycles. The summed E-state index contributed by atoms with van der Waals surface area (Å²) in [5.41, 5.74) is 5.36. The lowest BCUT2D eigenvalue weighted by atomic mass is 9.77. The van der Waals surface area contributed by atoms with Crippen molar-refractivity contribution in [2.75, 3.05) is 5.32 Å². The number of aromatic amines is 1. The van der Waals surface area contributed by atoms with Crippen LogP contribution in [0.1, 0.15) is 53.9 Å². The predicted octanol–water partition coefficient (Wildman–Crippen LogP) is 6.23. The summed E-state index contributed by atoms with van der Waals surface area (Å²) >= 11 is 0. The van der Waals surface area contributed by atoms with Gasteiger partial charge in [0.25, 0.3) is 5.91 Å². The molecule has 1 aliphatic rings.